The summed E-state index contributed by atoms with van der Waals surface area (Å²) in [6.45, 7) is 8.97. The van der Waals surface area contributed by atoms with Gasteiger partial charge in [0.25, 0.3) is 0 Å². The van der Waals surface area contributed by atoms with Crippen molar-refractivity contribution in [1.29, 1.82) is 0 Å². The van der Waals surface area contributed by atoms with Gasteiger partial charge in [0, 0.05) is 37.2 Å². The van der Waals surface area contributed by atoms with Crippen LogP contribution in [0.5, 0.6) is 0 Å². The number of nitrogens with one attached hydrogen (secondary N) is 5. The fraction of sp³-hybridized carbons (Fsp3) is 0.909. The Morgan fingerprint density at radius 1 is 1.07 bits per heavy atom. The van der Waals surface area contributed by atoms with Gasteiger partial charge in [0.15, 0.2) is 0 Å². The van der Waals surface area contributed by atoms with Crippen molar-refractivity contribution in [1.82, 2.24) is 26.6 Å². The Kier molecular flexibility index (Phi) is 6.75. The first-order valence-corrected chi connectivity index (χ1v) is 11.5. The van der Waals surface area contributed by atoms with Crippen LogP contribution in [0.3, 0.4) is 0 Å². The molecule has 8 unspecified atom stereocenters. The van der Waals surface area contributed by atoms with Crippen molar-refractivity contribution in [2.45, 2.75) is 89.6 Å². The smallest absolute Gasteiger partial charge is 0.113 e. The largest absolute Gasteiger partial charge is 0.377 e. The summed E-state index contributed by atoms with van der Waals surface area (Å²) < 4.78 is 6.32. The van der Waals surface area contributed by atoms with E-state index in [4.69, 9.17) is 4.74 Å². The minimum Gasteiger partial charge on any atom is -0.377 e. The fourth-order valence-electron chi connectivity index (χ4n) is 5.98. The van der Waals surface area contributed by atoms with Crippen molar-refractivity contribution < 1.29 is 4.74 Å². The van der Waals surface area contributed by atoms with E-state index in [9.17, 15) is 0 Å². The van der Waals surface area contributed by atoms with Crippen LogP contribution in [-0.4, -0.2) is 56.9 Å². The molecule has 0 aromatic rings. The van der Waals surface area contributed by atoms with Gasteiger partial charge >= 0.3 is 0 Å². The van der Waals surface area contributed by atoms with Gasteiger partial charge in [-0.2, -0.15) is 0 Å². The molecule has 2 saturated heterocycles. The highest BCUT2D eigenvalue weighted by atomic mass is 16.5. The average molecular weight is 392 g/mol. The highest BCUT2D eigenvalue weighted by Gasteiger charge is 2.47. The zero-order valence-corrected chi connectivity index (χ0v) is 18.1. The molecule has 9 atom stereocenters. The molecule has 0 amide bonds. The lowest BCUT2D eigenvalue weighted by atomic mass is 9.66. The van der Waals surface area contributed by atoms with E-state index in [-0.39, 0.29) is 6.29 Å². The first-order valence-electron chi connectivity index (χ1n) is 11.5. The van der Waals surface area contributed by atoms with Crippen LogP contribution in [0.4, 0.5) is 0 Å². The van der Waals surface area contributed by atoms with Crippen LogP contribution in [-0.2, 0) is 4.74 Å². The number of rotatable bonds is 4. The number of hydrogen-bond acceptors (Lipinski definition) is 6. The zero-order chi connectivity index (χ0) is 19.7. The second-order valence-electron chi connectivity index (χ2n) is 9.65. The molecule has 6 nitrogen and oxygen atoms in total. The molecule has 4 rings (SSSR count). The van der Waals surface area contributed by atoms with Crippen molar-refractivity contribution in [3.63, 3.8) is 0 Å². The van der Waals surface area contributed by atoms with Gasteiger partial charge in [0.1, 0.15) is 6.29 Å². The van der Waals surface area contributed by atoms with Gasteiger partial charge in [0.2, 0.25) is 0 Å². The molecule has 1 aliphatic carbocycles. The lowest BCUT2D eigenvalue weighted by Crippen LogP contribution is -2.69. The summed E-state index contributed by atoms with van der Waals surface area (Å²) in [5.74, 6) is 1.81. The van der Waals surface area contributed by atoms with Crippen LogP contribution in [0.1, 0.15) is 52.9 Å². The predicted molar refractivity (Wildman–Crippen MR) is 114 cm³/mol. The molecule has 6 heteroatoms. The summed E-state index contributed by atoms with van der Waals surface area (Å²) >= 11 is 0. The molecule has 5 N–H and O–H groups in total. The van der Waals surface area contributed by atoms with Crippen LogP contribution in [0, 0.1) is 17.8 Å². The van der Waals surface area contributed by atoms with Gasteiger partial charge in [0.05, 0.1) is 12.3 Å². The predicted octanol–water partition coefficient (Wildman–Crippen LogP) is 1.50. The lowest BCUT2D eigenvalue weighted by molar-refractivity contribution is -0.00958. The highest BCUT2D eigenvalue weighted by molar-refractivity contribution is 5.17. The summed E-state index contributed by atoms with van der Waals surface area (Å²) in [5.41, 5.74) is 1.64. The standard InChI is InChI=1S/C22H41N5O/c1-13-5-6-16(7-9-24-13)20-15(3)18(12-17-8-10-28-21(17)20)26-22-25-14(2)11-19(23-4)27-22/h7,13-15,17-27H,5-6,8-12H2,1-4H3/t13-,14?,15?,17?,18?,19?,20?,21?,22?/m0/s1. The van der Waals surface area contributed by atoms with Crippen LogP contribution < -0.4 is 26.6 Å². The Bertz CT molecular complexity index is 555. The molecular weight excluding hydrogens is 350 g/mol. The average Bonchev–Trinajstić information content (AvgIpc) is 3.02. The summed E-state index contributed by atoms with van der Waals surface area (Å²) in [5, 5.41) is 18.3. The van der Waals surface area contributed by atoms with Crippen molar-refractivity contribution in [3.8, 4) is 0 Å². The second kappa shape index (κ2) is 9.11. The molecule has 0 radical (unpaired) electrons. The summed E-state index contributed by atoms with van der Waals surface area (Å²) in [7, 11) is 2.04. The summed E-state index contributed by atoms with van der Waals surface area (Å²) in [6.07, 6.45) is 9.41. The van der Waals surface area contributed by atoms with Gasteiger partial charge in [-0.3, -0.25) is 16.0 Å². The Labute approximate surface area is 171 Å². The van der Waals surface area contributed by atoms with Crippen LogP contribution in [0.15, 0.2) is 11.6 Å². The third kappa shape index (κ3) is 4.47. The highest BCUT2D eigenvalue weighted by Crippen LogP contribution is 2.45. The van der Waals surface area contributed by atoms with E-state index in [1.54, 1.807) is 5.57 Å². The summed E-state index contributed by atoms with van der Waals surface area (Å²) in [6, 6.07) is 1.62. The molecular formula is C22H41N5O. The molecule has 1 saturated carbocycles. The van der Waals surface area contributed by atoms with Gasteiger partial charge in [-0.05, 0) is 64.8 Å². The monoisotopic (exact) mass is 391 g/mol. The van der Waals surface area contributed by atoms with Gasteiger partial charge in [-0.15, -0.1) is 0 Å². The van der Waals surface area contributed by atoms with E-state index in [0.29, 0.717) is 48.1 Å². The van der Waals surface area contributed by atoms with Crippen LogP contribution >= 0.6 is 0 Å². The Balaban J connectivity index is 1.48. The van der Waals surface area contributed by atoms with Crippen LogP contribution in [0.2, 0.25) is 0 Å². The Morgan fingerprint density at radius 3 is 2.75 bits per heavy atom. The number of ether oxygens (including phenoxy) is 1. The van der Waals surface area contributed by atoms with Crippen molar-refractivity contribution in [2.75, 3.05) is 20.2 Å². The molecule has 0 aromatic carbocycles. The van der Waals surface area contributed by atoms with E-state index in [0.717, 1.165) is 19.6 Å². The van der Waals surface area contributed by atoms with E-state index in [1.165, 1.54) is 25.7 Å². The zero-order valence-electron chi connectivity index (χ0n) is 18.1. The molecule has 28 heavy (non-hydrogen) atoms. The van der Waals surface area contributed by atoms with Crippen molar-refractivity contribution in [2.24, 2.45) is 17.8 Å². The minimum absolute atomic E-state index is 0.165. The number of fused-ring (bicyclic) bond motifs is 1. The first-order chi connectivity index (χ1) is 13.5. The topological polar surface area (TPSA) is 69.4 Å². The molecule has 0 bridgehead atoms. The molecule has 4 aliphatic rings. The molecule has 0 aromatic heterocycles. The number of hydrogen-bond donors (Lipinski definition) is 5. The maximum Gasteiger partial charge on any atom is 0.113 e. The van der Waals surface area contributed by atoms with Crippen molar-refractivity contribution >= 4 is 0 Å². The molecule has 3 fully saturated rings. The molecule has 3 heterocycles. The third-order valence-electron chi connectivity index (χ3n) is 7.64. The normalized spacial score (nSPS) is 47.3. The van der Waals surface area contributed by atoms with Crippen LogP contribution in [0.25, 0.3) is 0 Å². The maximum absolute atomic E-state index is 6.32. The lowest BCUT2D eigenvalue weighted by Gasteiger charge is -2.47. The fourth-order valence-corrected chi connectivity index (χ4v) is 5.98. The maximum atomic E-state index is 6.32. The van der Waals surface area contributed by atoms with E-state index >= 15 is 0 Å². The SMILES string of the molecule is CNC1CC(C)NC(NC2CC3CCOC3C(C3=CCN[C@@H](C)CC3)C2C)N1. The van der Waals surface area contributed by atoms with E-state index in [2.05, 4.69) is 53.4 Å². The van der Waals surface area contributed by atoms with Gasteiger partial charge in [-0.25, -0.2) is 0 Å². The Morgan fingerprint density at radius 2 is 1.93 bits per heavy atom. The third-order valence-corrected chi connectivity index (χ3v) is 7.64. The molecule has 160 valence electrons. The van der Waals surface area contributed by atoms with E-state index in [1.807, 2.05) is 7.05 Å². The summed E-state index contributed by atoms with van der Waals surface area (Å²) in [4.78, 5) is 0. The Hall–Kier alpha value is -0.500. The van der Waals surface area contributed by atoms with Gasteiger partial charge in [-0.1, -0.05) is 18.6 Å². The second-order valence-corrected chi connectivity index (χ2v) is 9.65. The minimum atomic E-state index is 0.165. The van der Waals surface area contributed by atoms with Gasteiger partial charge < -0.3 is 15.4 Å². The quantitative estimate of drug-likeness (QED) is 0.468. The van der Waals surface area contributed by atoms with Crippen molar-refractivity contribution in [3.05, 3.63) is 11.6 Å². The van der Waals surface area contributed by atoms with E-state index < -0.39 is 0 Å². The first kappa shape index (κ1) is 20.8. The molecule has 3 aliphatic heterocycles. The molecule has 0 spiro atoms.